The predicted octanol–water partition coefficient (Wildman–Crippen LogP) is 2.33. The Balaban J connectivity index is 1.95. The first-order valence-corrected chi connectivity index (χ1v) is 9.05. The van der Waals surface area contributed by atoms with Crippen LogP contribution in [0.2, 0.25) is 0 Å². The lowest BCUT2D eigenvalue weighted by Gasteiger charge is -2.13. The molecule has 6 nitrogen and oxygen atoms in total. The summed E-state index contributed by atoms with van der Waals surface area (Å²) in [5.74, 6) is -1.10. The Hall–Kier alpha value is -1.92. The standard InChI is InChI=1S/C19H30N2O4/c22-15-17(19(24)21-25)20-18(23)14-10-5-3-1-2-4-7-11-16-12-8-6-9-13-16/h6,8-9,12-13,17,22,25H,1-5,7,10-11,14-15H2,(H,20,23)(H,21,24)/t17-/m1/s1. The maximum Gasteiger partial charge on any atom is 0.268 e. The molecule has 0 spiro atoms. The fourth-order valence-corrected chi connectivity index (χ4v) is 2.68. The lowest BCUT2D eigenvalue weighted by atomic mass is 10.0. The lowest BCUT2D eigenvalue weighted by Crippen LogP contribution is -2.48. The molecule has 1 aromatic rings. The Morgan fingerprint density at radius 1 is 0.920 bits per heavy atom. The molecule has 0 unspecified atom stereocenters. The van der Waals surface area contributed by atoms with Crippen molar-refractivity contribution < 1.29 is 19.9 Å². The van der Waals surface area contributed by atoms with E-state index in [1.54, 1.807) is 0 Å². The van der Waals surface area contributed by atoms with E-state index in [0.29, 0.717) is 6.42 Å². The summed E-state index contributed by atoms with van der Waals surface area (Å²) in [6.45, 7) is -0.541. The van der Waals surface area contributed by atoms with E-state index in [2.05, 4.69) is 29.6 Å². The second kappa shape index (κ2) is 13.4. The quantitative estimate of drug-likeness (QED) is 0.249. The summed E-state index contributed by atoms with van der Waals surface area (Å²) in [4.78, 5) is 22.8. The highest BCUT2D eigenvalue weighted by atomic mass is 16.5. The van der Waals surface area contributed by atoms with Crippen LogP contribution in [0, 0.1) is 0 Å². The number of nitrogens with one attached hydrogen (secondary N) is 2. The van der Waals surface area contributed by atoms with Gasteiger partial charge in [0, 0.05) is 6.42 Å². The topological polar surface area (TPSA) is 98.7 Å². The monoisotopic (exact) mass is 350 g/mol. The Labute approximate surface area is 149 Å². The first kappa shape index (κ1) is 21.1. The van der Waals surface area contributed by atoms with Gasteiger partial charge in [0.05, 0.1) is 6.61 Å². The van der Waals surface area contributed by atoms with E-state index in [-0.39, 0.29) is 5.91 Å². The molecule has 0 saturated carbocycles. The van der Waals surface area contributed by atoms with Crippen molar-refractivity contribution in [2.45, 2.75) is 63.8 Å². The second-order valence-corrected chi connectivity index (χ2v) is 6.24. The van der Waals surface area contributed by atoms with E-state index >= 15 is 0 Å². The van der Waals surface area contributed by atoms with Gasteiger partial charge in [0.25, 0.3) is 5.91 Å². The summed E-state index contributed by atoms with van der Waals surface area (Å²) in [5.41, 5.74) is 2.81. The van der Waals surface area contributed by atoms with Crippen LogP contribution in [0.25, 0.3) is 0 Å². The summed E-state index contributed by atoms with van der Waals surface area (Å²) >= 11 is 0. The van der Waals surface area contributed by atoms with Gasteiger partial charge < -0.3 is 10.4 Å². The molecule has 0 aromatic heterocycles. The van der Waals surface area contributed by atoms with E-state index in [1.807, 2.05) is 6.07 Å². The van der Waals surface area contributed by atoms with Crippen LogP contribution in [0.15, 0.2) is 30.3 Å². The van der Waals surface area contributed by atoms with Crippen LogP contribution in [0.3, 0.4) is 0 Å². The summed E-state index contributed by atoms with van der Waals surface area (Å²) in [6.07, 6.45) is 9.10. The van der Waals surface area contributed by atoms with Gasteiger partial charge in [-0.15, -0.1) is 0 Å². The molecule has 0 heterocycles. The molecule has 6 heteroatoms. The van der Waals surface area contributed by atoms with Crippen molar-refractivity contribution >= 4 is 11.8 Å². The molecule has 1 rings (SSSR count). The van der Waals surface area contributed by atoms with Crippen molar-refractivity contribution in [1.82, 2.24) is 10.8 Å². The van der Waals surface area contributed by atoms with Gasteiger partial charge in [-0.1, -0.05) is 62.4 Å². The van der Waals surface area contributed by atoms with Gasteiger partial charge in [-0.2, -0.15) is 0 Å². The molecule has 0 aliphatic rings. The number of unbranched alkanes of at least 4 members (excludes halogenated alkanes) is 6. The van der Waals surface area contributed by atoms with Crippen LogP contribution in [0.4, 0.5) is 0 Å². The van der Waals surface area contributed by atoms with Crippen molar-refractivity contribution in [3.05, 3.63) is 35.9 Å². The molecule has 0 radical (unpaired) electrons. The molecule has 140 valence electrons. The van der Waals surface area contributed by atoms with Gasteiger partial charge in [-0.3, -0.25) is 14.8 Å². The predicted molar refractivity (Wildman–Crippen MR) is 96.0 cm³/mol. The Bertz CT molecular complexity index is 493. The van der Waals surface area contributed by atoms with Gasteiger partial charge in [-0.05, 0) is 24.8 Å². The van der Waals surface area contributed by atoms with E-state index in [0.717, 1.165) is 25.7 Å². The Kier molecular flexibility index (Phi) is 11.3. The number of aryl methyl sites for hydroxylation is 1. The van der Waals surface area contributed by atoms with Crippen molar-refractivity contribution in [3.63, 3.8) is 0 Å². The van der Waals surface area contributed by atoms with Crippen LogP contribution in [-0.2, 0) is 16.0 Å². The highest BCUT2D eigenvalue weighted by Gasteiger charge is 2.18. The van der Waals surface area contributed by atoms with Crippen molar-refractivity contribution in [2.75, 3.05) is 6.61 Å². The molecule has 1 aromatic carbocycles. The first-order chi connectivity index (χ1) is 12.2. The molecule has 0 aliphatic heterocycles. The van der Waals surface area contributed by atoms with E-state index in [1.165, 1.54) is 36.7 Å². The number of amides is 2. The highest BCUT2D eigenvalue weighted by Crippen LogP contribution is 2.11. The minimum Gasteiger partial charge on any atom is -0.394 e. The molecule has 1 atom stereocenters. The molecular formula is C19H30N2O4. The maximum absolute atomic E-state index is 11.7. The third-order valence-electron chi connectivity index (χ3n) is 4.16. The van der Waals surface area contributed by atoms with Crippen molar-refractivity contribution in [1.29, 1.82) is 0 Å². The zero-order chi connectivity index (χ0) is 18.3. The van der Waals surface area contributed by atoms with Crippen LogP contribution in [0.1, 0.15) is 56.9 Å². The second-order valence-electron chi connectivity index (χ2n) is 6.24. The molecule has 0 bridgehead atoms. The van der Waals surface area contributed by atoms with Crippen molar-refractivity contribution in [2.24, 2.45) is 0 Å². The van der Waals surface area contributed by atoms with Gasteiger partial charge >= 0.3 is 0 Å². The molecule has 0 aliphatic carbocycles. The largest absolute Gasteiger partial charge is 0.394 e. The number of rotatable bonds is 13. The summed E-state index contributed by atoms with van der Waals surface area (Å²) in [7, 11) is 0. The van der Waals surface area contributed by atoms with Gasteiger partial charge in [0.15, 0.2) is 0 Å². The van der Waals surface area contributed by atoms with Crippen molar-refractivity contribution in [3.8, 4) is 0 Å². The number of hydrogen-bond donors (Lipinski definition) is 4. The number of aliphatic hydroxyl groups is 1. The minimum absolute atomic E-state index is 0.287. The van der Waals surface area contributed by atoms with Crippen LogP contribution >= 0.6 is 0 Å². The Morgan fingerprint density at radius 2 is 1.52 bits per heavy atom. The number of hydroxylamine groups is 1. The normalized spacial score (nSPS) is 11.8. The molecule has 25 heavy (non-hydrogen) atoms. The average Bonchev–Trinajstić information content (AvgIpc) is 2.65. The lowest BCUT2D eigenvalue weighted by molar-refractivity contribution is -0.135. The van der Waals surface area contributed by atoms with Gasteiger partial charge in [0.2, 0.25) is 5.91 Å². The number of benzene rings is 1. The zero-order valence-corrected chi connectivity index (χ0v) is 14.7. The van der Waals surface area contributed by atoms with E-state index in [9.17, 15) is 9.59 Å². The highest BCUT2D eigenvalue weighted by molar-refractivity contribution is 5.86. The maximum atomic E-state index is 11.7. The number of carbonyl (C=O) groups excluding carboxylic acids is 2. The summed E-state index contributed by atoms with van der Waals surface area (Å²) in [6, 6.07) is 9.42. The van der Waals surface area contributed by atoms with Crippen LogP contribution in [0.5, 0.6) is 0 Å². The van der Waals surface area contributed by atoms with Crippen LogP contribution < -0.4 is 10.8 Å². The van der Waals surface area contributed by atoms with E-state index in [4.69, 9.17) is 10.3 Å². The fraction of sp³-hybridized carbons (Fsp3) is 0.579. The zero-order valence-electron chi connectivity index (χ0n) is 14.7. The van der Waals surface area contributed by atoms with E-state index < -0.39 is 18.6 Å². The molecule has 0 fully saturated rings. The SMILES string of the molecule is O=C(CCCCCCCCCc1ccccc1)N[C@H](CO)C(=O)NO. The van der Waals surface area contributed by atoms with Gasteiger partial charge in [0.1, 0.15) is 6.04 Å². The van der Waals surface area contributed by atoms with Crippen LogP contribution in [-0.4, -0.2) is 34.8 Å². The van der Waals surface area contributed by atoms with Gasteiger partial charge in [-0.25, -0.2) is 5.48 Å². The fourth-order valence-electron chi connectivity index (χ4n) is 2.68. The summed E-state index contributed by atoms with van der Waals surface area (Å²) < 4.78 is 0. The first-order valence-electron chi connectivity index (χ1n) is 9.05. The third-order valence-corrected chi connectivity index (χ3v) is 4.16. The summed E-state index contributed by atoms with van der Waals surface area (Å²) in [5, 5.41) is 19.9. The molecule has 2 amide bonds. The number of carbonyl (C=O) groups is 2. The third kappa shape index (κ3) is 9.84. The molecule has 4 N–H and O–H groups in total. The average molecular weight is 350 g/mol. The number of hydrogen-bond acceptors (Lipinski definition) is 4. The number of aliphatic hydroxyl groups excluding tert-OH is 1. The minimum atomic E-state index is -1.10. The molecule has 0 saturated heterocycles. The Morgan fingerprint density at radius 3 is 2.12 bits per heavy atom. The smallest absolute Gasteiger partial charge is 0.268 e. The molecular weight excluding hydrogens is 320 g/mol.